The average Bonchev–Trinajstić information content (AvgIpc) is 2.75. The molecule has 0 unspecified atom stereocenters. The van der Waals surface area contributed by atoms with Crippen molar-refractivity contribution in [3.63, 3.8) is 0 Å². The maximum atomic E-state index is 5.83. The molecule has 0 atom stereocenters. The van der Waals surface area contributed by atoms with Gasteiger partial charge in [0.2, 0.25) is 0 Å². The topological polar surface area (TPSA) is 56.5 Å². The first-order chi connectivity index (χ1) is 8.22. The Morgan fingerprint density at radius 1 is 1.18 bits per heavy atom. The van der Waals surface area contributed by atoms with Crippen LogP contribution in [0.4, 0.5) is 0 Å². The summed E-state index contributed by atoms with van der Waals surface area (Å²) in [5.74, 6) is 0. The molecular formula is C11H8ClN5. The Hall–Kier alpha value is -2.01. The summed E-state index contributed by atoms with van der Waals surface area (Å²) in [5, 5.41) is 4.51. The number of aromatic nitrogens is 5. The van der Waals surface area contributed by atoms with Gasteiger partial charge in [-0.3, -0.25) is 9.67 Å². The number of pyridine rings is 1. The van der Waals surface area contributed by atoms with Gasteiger partial charge in [-0.25, -0.2) is 9.97 Å². The minimum atomic E-state index is 0.412. The number of rotatable bonds is 1. The van der Waals surface area contributed by atoms with E-state index >= 15 is 0 Å². The monoisotopic (exact) mass is 245 g/mol. The number of hydrogen-bond acceptors (Lipinski definition) is 4. The van der Waals surface area contributed by atoms with Crippen LogP contribution in [0.25, 0.3) is 22.4 Å². The fraction of sp³-hybridized carbons (Fsp3) is 0.0909. The van der Waals surface area contributed by atoms with Crippen LogP contribution in [0.2, 0.25) is 5.15 Å². The zero-order valence-corrected chi connectivity index (χ0v) is 9.76. The van der Waals surface area contributed by atoms with E-state index in [4.69, 9.17) is 11.6 Å². The van der Waals surface area contributed by atoms with Gasteiger partial charge in [0.05, 0.1) is 18.1 Å². The molecule has 0 aromatic carbocycles. The highest BCUT2D eigenvalue weighted by molar-refractivity contribution is 6.29. The molecule has 0 aliphatic carbocycles. The molecule has 5 nitrogen and oxygen atoms in total. The van der Waals surface area contributed by atoms with Gasteiger partial charge < -0.3 is 0 Å². The van der Waals surface area contributed by atoms with Crippen LogP contribution in [0.1, 0.15) is 0 Å². The summed E-state index contributed by atoms with van der Waals surface area (Å²) in [4.78, 5) is 12.8. The van der Waals surface area contributed by atoms with Crippen molar-refractivity contribution in [3.8, 4) is 11.3 Å². The molecule has 0 aliphatic rings. The predicted octanol–water partition coefficient (Wildman–Crippen LogP) is 2.08. The molecule has 3 heterocycles. The van der Waals surface area contributed by atoms with E-state index in [-0.39, 0.29) is 0 Å². The zero-order chi connectivity index (χ0) is 11.8. The predicted molar refractivity (Wildman–Crippen MR) is 64.5 cm³/mol. The van der Waals surface area contributed by atoms with Crippen LogP contribution in [0.3, 0.4) is 0 Å². The highest BCUT2D eigenvalue weighted by Crippen LogP contribution is 2.18. The van der Waals surface area contributed by atoms with Crippen LogP contribution in [0.15, 0.2) is 30.7 Å². The van der Waals surface area contributed by atoms with Gasteiger partial charge in [0, 0.05) is 18.8 Å². The maximum absolute atomic E-state index is 5.83. The number of halogens is 1. The Labute approximate surface area is 102 Å². The van der Waals surface area contributed by atoms with Gasteiger partial charge in [0.15, 0.2) is 5.65 Å². The minimum absolute atomic E-state index is 0.412. The smallest absolute Gasteiger partial charge is 0.180 e. The van der Waals surface area contributed by atoms with Gasteiger partial charge in [0.1, 0.15) is 10.7 Å². The van der Waals surface area contributed by atoms with Gasteiger partial charge in [-0.2, -0.15) is 5.10 Å². The summed E-state index contributed by atoms with van der Waals surface area (Å²) >= 11 is 5.83. The molecule has 0 amide bonds. The zero-order valence-electron chi connectivity index (χ0n) is 9.00. The number of aryl methyl sites for hydroxylation is 1. The van der Waals surface area contributed by atoms with Crippen molar-refractivity contribution in [1.82, 2.24) is 24.7 Å². The van der Waals surface area contributed by atoms with Gasteiger partial charge in [0.25, 0.3) is 0 Å². The van der Waals surface area contributed by atoms with E-state index in [0.717, 1.165) is 16.8 Å². The second kappa shape index (κ2) is 3.78. The Kier molecular flexibility index (Phi) is 2.26. The molecule has 3 aromatic rings. The Bertz CT molecular complexity index is 691. The van der Waals surface area contributed by atoms with Crippen molar-refractivity contribution in [2.24, 2.45) is 7.05 Å². The molecule has 0 radical (unpaired) electrons. The average molecular weight is 246 g/mol. The normalized spacial score (nSPS) is 10.9. The molecule has 3 rings (SSSR count). The standard InChI is InChI=1S/C11H8ClN5/c1-17-6-7(4-14-17)9-5-13-8-2-3-10(12)16-11(8)15-9/h2-6H,1H3. The van der Waals surface area contributed by atoms with E-state index in [9.17, 15) is 0 Å². The molecule has 0 fully saturated rings. The van der Waals surface area contributed by atoms with E-state index < -0.39 is 0 Å². The van der Waals surface area contributed by atoms with Gasteiger partial charge >= 0.3 is 0 Å². The first kappa shape index (κ1) is 10.2. The van der Waals surface area contributed by atoms with Crippen molar-refractivity contribution >= 4 is 22.8 Å². The van der Waals surface area contributed by atoms with Crippen LogP contribution in [0, 0.1) is 0 Å². The third-order valence-corrected chi connectivity index (χ3v) is 2.58. The Morgan fingerprint density at radius 2 is 2.06 bits per heavy atom. The fourth-order valence-corrected chi connectivity index (χ4v) is 1.71. The van der Waals surface area contributed by atoms with E-state index in [0.29, 0.717) is 10.8 Å². The molecular weight excluding hydrogens is 238 g/mol. The minimum Gasteiger partial charge on any atom is -0.275 e. The van der Waals surface area contributed by atoms with Crippen LogP contribution < -0.4 is 0 Å². The van der Waals surface area contributed by atoms with E-state index in [1.54, 1.807) is 29.2 Å². The van der Waals surface area contributed by atoms with E-state index in [2.05, 4.69) is 20.1 Å². The van der Waals surface area contributed by atoms with Crippen molar-refractivity contribution in [2.75, 3.05) is 0 Å². The molecule has 0 bridgehead atoms. The largest absolute Gasteiger partial charge is 0.275 e. The number of fused-ring (bicyclic) bond motifs is 1. The quantitative estimate of drug-likeness (QED) is 0.616. The highest BCUT2D eigenvalue weighted by Gasteiger charge is 2.05. The van der Waals surface area contributed by atoms with Crippen molar-refractivity contribution in [1.29, 1.82) is 0 Å². The molecule has 0 N–H and O–H groups in total. The highest BCUT2D eigenvalue weighted by atomic mass is 35.5. The van der Waals surface area contributed by atoms with Crippen molar-refractivity contribution in [3.05, 3.63) is 35.9 Å². The molecule has 3 aromatic heterocycles. The second-order valence-electron chi connectivity index (χ2n) is 3.63. The fourth-order valence-electron chi connectivity index (χ4n) is 1.57. The molecule has 6 heteroatoms. The Morgan fingerprint density at radius 3 is 2.82 bits per heavy atom. The van der Waals surface area contributed by atoms with Gasteiger partial charge in [-0.05, 0) is 12.1 Å². The first-order valence-electron chi connectivity index (χ1n) is 5.01. The summed E-state index contributed by atoms with van der Waals surface area (Å²) in [6, 6.07) is 3.49. The lowest BCUT2D eigenvalue weighted by molar-refractivity contribution is 0.768. The van der Waals surface area contributed by atoms with Crippen LogP contribution >= 0.6 is 11.6 Å². The van der Waals surface area contributed by atoms with Crippen LogP contribution in [-0.4, -0.2) is 24.7 Å². The molecule has 84 valence electrons. The van der Waals surface area contributed by atoms with Gasteiger partial charge in [-0.1, -0.05) is 11.6 Å². The lowest BCUT2D eigenvalue weighted by Crippen LogP contribution is -1.90. The molecule has 0 spiro atoms. The van der Waals surface area contributed by atoms with E-state index in [1.165, 1.54) is 0 Å². The summed E-state index contributed by atoms with van der Waals surface area (Å²) in [7, 11) is 1.85. The van der Waals surface area contributed by atoms with Crippen molar-refractivity contribution in [2.45, 2.75) is 0 Å². The lowest BCUT2D eigenvalue weighted by Gasteiger charge is -1.99. The molecule has 0 saturated carbocycles. The SMILES string of the molecule is Cn1cc(-c2cnc3ccc(Cl)nc3n2)cn1. The number of nitrogens with zero attached hydrogens (tertiary/aromatic N) is 5. The lowest BCUT2D eigenvalue weighted by atomic mass is 10.2. The summed E-state index contributed by atoms with van der Waals surface area (Å²) in [6.45, 7) is 0. The maximum Gasteiger partial charge on any atom is 0.180 e. The Balaban J connectivity index is 2.18. The first-order valence-corrected chi connectivity index (χ1v) is 5.38. The second-order valence-corrected chi connectivity index (χ2v) is 4.02. The summed E-state index contributed by atoms with van der Waals surface area (Å²) in [6.07, 6.45) is 5.32. The summed E-state index contributed by atoms with van der Waals surface area (Å²) in [5.41, 5.74) is 2.91. The molecule has 17 heavy (non-hydrogen) atoms. The van der Waals surface area contributed by atoms with Crippen LogP contribution in [0.5, 0.6) is 0 Å². The van der Waals surface area contributed by atoms with Gasteiger partial charge in [-0.15, -0.1) is 0 Å². The third-order valence-electron chi connectivity index (χ3n) is 2.37. The van der Waals surface area contributed by atoms with E-state index in [1.807, 2.05) is 13.2 Å². The summed E-state index contributed by atoms with van der Waals surface area (Å²) < 4.78 is 1.71. The molecule has 0 aliphatic heterocycles. The number of hydrogen-bond donors (Lipinski definition) is 0. The third kappa shape index (κ3) is 1.85. The van der Waals surface area contributed by atoms with Crippen LogP contribution in [-0.2, 0) is 7.05 Å². The van der Waals surface area contributed by atoms with Crippen molar-refractivity contribution < 1.29 is 0 Å². The molecule has 0 saturated heterocycles.